The molecule has 0 N–H and O–H groups in total. The van der Waals surface area contributed by atoms with Crippen LogP contribution in [0.2, 0.25) is 0 Å². The van der Waals surface area contributed by atoms with E-state index >= 15 is 0 Å². The molecule has 0 saturated heterocycles. The van der Waals surface area contributed by atoms with Gasteiger partial charge in [-0.2, -0.15) is 0 Å². The highest BCUT2D eigenvalue weighted by atomic mass is 16.6. The topological polar surface area (TPSA) is 78.9 Å². The molecule has 0 aromatic carbocycles. The molecule has 0 unspecified atom stereocenters. The summed E-state index contributed by atoms with van der Waals surface area (Å²) in [4.78, 5) is 37.9. The van der Waals surface area contributed by atoms with E-state index in [1.807, 2.05) is 0 Å². The maximum Gasteiger partial charge on any atom is 0.306 e. The smallest absolute Gasteiger partial charge is 0.306 e. The molecule has 0 aliphatic carbocycles. The van der Waals surface area contributed by atoms with Gasteiger partial charge in [0.25, 0.3) is 0 Å². The van der Waals surface area contributed by atoms with Crippen LogP contribution in [0.4, 0.5) is 0 Å². The van der Waals surface area contributed by atoms with Crippen molar-refractivity contribution in [1.29, 1.82) is 0 Å². The number of carbonyl (C=O) groups is 3. The Labute approximate surface area is 371 Å². The molecule has 0 heterocycles. The molecule has 0 aliphatic heterocycles. The van der Waals surface area contributed by atoms with Crippen LogP contribution in [-0.4, -0.2) is 37.2 Å². The summed E-state index contributed by atoms with van der Waals surface area (Å²) >= 11 is 0. The number of ether oxygens (including phenoxy) is 3. The molecule has 1 atom stereocenters. The highest BCUT2D eigenvalue weighted by Gasteiger charge is 2.19. The van der Waals surface area contributed by atoms with Crippen LogP contribution in [0.5, 0.6) is 0 Å². The minimum Gasteiger partial charge on any atom is -0.462 e. The lowest BCUT2D eigenvalue weighted by atomic mass is 10.0. The van der Waals surface area contributed by atoms with Gasteiger partial charge in [-0.25, -0.2) is 0 Å². The van der Waals surface area contributed by atoms with Crippen LogP contribution < -0.4 is 0 Å². The van der Waals surface area contributed by atoms with Crippen LogP contribution in [0.15, 0.2) is 48.6 Å². The Morgan fingerprint density at radius 2 is 0.617 bits per heavy atom. The van der Waals surface area contributed by atoms with Gasteiger partial charge in [-0.1, -0.05) is 211 Å². The summed E-state index contributed by atoms with van der Waals surface area (Å²) in [6, 6.07) is 0. The van der Waals surface area contributed by atoms with Crippen molar-refractivity contribution in [3.63, 3.8) is 0 Å². The highest BCUT2D eigenvalue weighted by Crippen LogP contribution is 2.15. The number of hydrogen-bond acceptors (Lipinski definition) is 6. The summed E-state index contributed by atoms with van der Waals surface area (Å²) < 4.78 is 16.8. The maximum atomic E-state index is 12.8. The average Bonchev–Trinajstić information content (AvgIpc) is 3.24. The quantitative estimate of drug-likeness (QED) is 0.0263. The normalized spacial score (nSPS) is 12.4. The zero-order valence-corrected chi connectivity index (χ0v) is 39.7. The first kappa shape index (κ1) is 57.4. The fraction of sp³-hybridized carbons (Fsp3) is 0.796. The van der Waals surface area contributed by atoms with Gasteiger partial charge in [-0.05, 0) is 77.0 Å². The average molecular weight is 841 g/mol. The predicted octanol–water partition coefficient (Wildman–Crippen LogP) is 16.7. The second-order valence-electron chi connectivity index (χ2n) is 17.1. The molecule has 0 rings (SSSR count). The van der Waals surface area contributed by atoms with Crippen molar-refractivity contribution in [2.75, 3.05) is 13.2 Å². The zero-order valence-electron chi connectivity index (χ0n) is 39.7. The third-order valence-electron chi connectivity index (χ3n) is 11.1. The lowest BCUT2D eigenvalue weighted by Crippen LogP contribution is -2.30. The number of unbranched alkanes of at least 4 members (excludes halogenated alkanes) is 27. The van der Waals surface area contributed by atoms with Gasteiger partial charge in [0, 0.05) is 19.3 Å². The SMILES string of the molecule is CCCC/C=C\CCCCCCCC(=O)OC[C@H](COC(=O)CCCCCC/C=C\C/C=C\C/C=C\CCCCC)OC(=O)CCCCCCCCCCCCCCCC. The third-order valence-corrected chi connectivity index (χ3v) is 11.1. The Balaban J connectivity index is 4.39. The first-order valence-corrected chi connectivity index (χ1v) is 25.6. The molecule has 0 aromatic rings. The standard InChI is InChI=1S/C54H96O6/c1-4-7-10-13-16-19-22-24-26-27-28-30-32-35-38-41-44-47-53(56)59-50-51(49-58-52(55)46-43-40-37-34-31-21-18-15-12-9-6-3)60-54(57)48-45-42-39-36-33-29-25-23-20-17-14-11-8-5-2/h15-16,18-19,24,26,28,30,51H,4-14,17,20-23,25,27,29,31-50H2,1-3H3/b18-15-,19-16-,26-24-,30-28-/t51-/m1/s1. The predicted molar refractivity (Wildman–Crippen MR) is 256 cm³/mol. The molecule has 0 aromatic heterocycles. The molecule has 6 nitrogen and oxygen atoms in total. The number of carbonyl (C=O) groups excluding carboxylic acids is 3. The molecule has 348 valence electrons. The second-order valence-corrected chi connectivity index (χ2v) is 17.1. The summed E-state index contributed by atoms with van der Waals surface area (Å²) in [7, 11) is 0. The largest absolute Gasteiger partial charge is 0.462 e. The van der Waals surface area contributed by atoms with Crippen LogP contribution >= 0.6 is 0 Å². The van der Waals surface area contributed by atoms with Crippen molar-refractivity contribution in [2.45, 2.75) is 264 Å². The molecule has 60 heavy (non-hydrogen) atoms. The van der Waals surface area contributed by atoms with Crippen molar-refractivity contribution in [1.82, 2.24) is 0 Å². The monoisotopic (exact) mass is 841 g/mol. The van der Waals surface area contributed by atoms with Gasteiger partial charge in [0.15, 0.2) is 6.10 Å². The van der Waals surface area contributed by atoms with E-state index in [9.17, 15) is 14.4 Å². The zero-order chi connectivity index (χ0) is 43.7. The first-order valence-electron chi connectivity index (χ1n) is 25.6. The van der Waals surface area contributed by atoms with Crippen molar-refractivity contribution < 1.29 is 28.6 Å². The summed E-state index contributed by atoms with van der Waals surface area (Å²) in [5.74, 6) is -0.907. The summed E-state index contributed by atoms with van der Waals surface area (Å²) in [6.07, 6.45) is 58.0. The van der Waals surface area contributed by atoms with Gasteiger partial charge in [-0.3, -0.25) is 14.4 Å². The minimum absolute atomic E-state index is 0.0829. The fourth-order valence-electron chi connectivity index (χ4n) is 7.14. The third kappa shape index (κ3) is 46.4. The molecule has 0 saturated carbocycles. The highest BCUT2D eigenvalue weighted by molar-refractivity contribution is 5.71. The minimum atomic E-state index is -0.781. The van der Waals surface area contributed by atoms with Crippen LogP contribution in [0.1, 0.15) is 258 Å². The Morgan fingerprint density at radius 3 is 1.03 bits per heavy atom. The lowest BCUT2D eigenvalue weighted by Gasteiger charge is -2.18. The molecular weight excluding hydrogens is 745 g/mol. The molecule has 0 fully saturated rings. The van der Waals surface area contributed by atoms with Crippen molar-refractivity contribution in [2.24, 2.45) is 0 Å². The van der Waals surface area contributed by atoms with Crippen molar-refractivity contribution in [3.05, 3.63) is 48.6 Å². The van der Waals surface area contributed by atoms with Gasteiger partial charge in [0.2, 0.25) is 0 Å². The maximum absolute atomic E-state index is 12.8. The van der Waals surface area contributed by atoms with E-state index in [0.717, 1.165) is 89.9 Å². The van der Waals surface area contributed by atoms with Gasteiger partial charge < -0.3 is 14.2 Å². The van der Waals surface area contributed by atoms with E-state index in [-0.39, 0.29) is 31.1 Å². The molecule has 0 bridgehead atoms. The molecule has 0 amide bonds. The summed E-state index contributed by atoms with van der Waals surface area (Å²) in [6.45, 7) is 6.56. The van der Waals surface area contributed by atoms with Gasteiger partial charge >= 0.3 is 17.9 Å². The van der Waals surface area contributed by atoms with E-state index in [4.69, 9.17) is 14.2 Å². The van der Waals surface area contributed by atoms with Gasteiger partial charge in [-0.15, -0.1) is 0 Å². The Morgan fingerprint density at radius 1 is 0.333 bits per heavy atom. The van der Waals surface area contributed by atoms with E-state index in [1.54, 1.807) is 0 Å². The van der Waals surface area contributed by atoms with Gasteiger partial charge in [0.1, 0.15) is 13.2 Å². The molecule has 0 radical (unpaired) electrons. The number of esters is 3. The van der Waals surface area contributed by atoms with E-state index in [2.05, 4.69) is 69.4 Å². The molecule has 6 heteroatoms. The second kappa shape index (κ2) is 49.0. The van der Waals surface area contributed by atoms with E-state index in [1.165, 1.54) is 128 Å². The van der Waals surface area contributed by atoms with Crippen LogP contribution in [0, 0.1) is 0 Å². The van der Waals surface area contributed by atoms with Crippen LogP contribution in [0.3, 0.4) is 0 Å². The lowest BCUT2D eigenvalue weighted by molar-refractivity contribution is -0.167. The molecule has 0 spiro atoms. The Kier molecular flexibility index (Phi) is 46.9. The van der Waals surface area contributed by atoms with Crippen LogP contribution in [0.25, 0.3) is 0 Å². The fourth-order valence-corrected chi connectivity index (χ4v) is 7.14. The van der Waals surface area contributed by atoms with E-state index < -0.39 is 6.10 Å². The van der Waals surface area contributed by atoms with E-state index in [0.29, 0.717) is 19.3 Å². The molecule has 0 aliphatic rings. The van der Waals surface area contributed by atoms with Crippen molar-refractivity contribution in [3.8, 4) is 0 Å². The summed E-state index contributed by atoms with van der Waals surface area (Å²) in [5.41, 5.74) is 0. The number of hydrogen-bond donors (Lipinski definition) is 0. The van der Waals surface area contributed by atoms with Crippen molar-refractivity contribution >= 4 is 17.9 Å². The van der Waals surface area contributed by atoms with Crippen LogP contribution in [-0.2, 0) is 28.6 Å². The Bertz CT molecular complexity index is 1060. The number of rotatable bonds is 46. The first-order chi connectivity index (χ1) is 29.5. The van der Waals surface area contributed by atoms with Gasteiger partial charge in [0.05, 0.1) is 0 Å². The summed E-state index contributed by atoms with van der Waals surface area (Å²) in [5, 5.41) is 0. The molecular formula is C54H96O6. The number of allylic oxidation sites excluding steroid dienone is 8. The Hall–Kier alpha value is -2.63.